The van der Waals surface area contributed by atoms with E-state index in [-0.39, 0.29) is 5.97 Å². The van der Waals surface area contributed by atoms with Gasteiger partial charge in [-0.15, -0.1) is 0 Å². The van der Waals surface area contributed by atoms with E-state index in [1.807, 2.05) is 6.08 Å². The molecule has 3 aromatic rings. The van der Waals surface area contributed by atoms with Gasteiger partial charge < -0.3 is 0 Å². The second kappa shape index (κ2) is 9.56. The number of hydrogen-bond acceptors (Lipinski definition) is 2. The molecule has 0 N–H and O–H groups in total. The van der Waals surface area contributed by atoms with Crippen LogP contribution < -0.4 is 10.7 Å². The van der Waals surface area contributed by atoms with Crippen LogP contribution in [0.25, 0.3) is 0 Å². The predicted molar refractivity (Wildman–Crippen MR) is 115 cm³/mol. The van der Waals surface area contributed by atoms with Crippen molar-refractivity contribution in [1.82, 2.24) is 0 Å². The molecule has 0 amide bonds. The van der Waals surface area contributed by atoms with E-state index < -0.39 is 18.4 Å². The van der Waals surface area contributed by atoms with Crippen LogP contribution in [0.1, 0.15) is 6.42 Å². The maximum atomic E-state index is 11.5. The number of benzene rings is 3. The summed E-state index contributed by atoms with van der Waals surface area (Å²) in [6.07, 6.45) is 4.45. The molecule has 0 aliphatic rings. The number of hydrogen-bond donors (Lipinski definition) is 0. The fourth-order valence-electron chi connectivity index (χ4n) is 3.54. The van der Waals surface area contributed by atoms with Crippen LogP contribution in [-0.2, 0) is 9.53 Å². The minimum absolute atomic E-state index is 0.203. The first-order valence-corrected chi connectivity index (χ1v) is 15.5. The molecule has 0 atom stereocenters. The van der Waals surface area contributed by atoms with Gasteiger partial charge in [-0.3, -0.25) is 0 Å². The van der Waals surface area contributed by atoms with Crippen molar-refractivity contribution in [3.63, 3.8) is 0 Å². The third-order valence-electron chi connectivity index (χ3n) is 4.90. The van der Waals surface area contributed by atoms with Crippen molar-refractivity contribution in [2.24, 2.45) is 0 Å². The number of carbonyl (C=O) groups is 1. The molecule has 0 bridgehead atoms. The molecule has 0 unspecified atom stereocenters. The fraction of sp³-hybridized carbons (Fsp3) is 0.125. The Balaban J connectivity index is 2.12. The first kappa shape index (κ1) is 19.4. The number of allylic oxidation sites excluding steroid dienone is 1. The summed E-state index contributed by atoms with van der Waals surface area (Å²) in [6.45, 7) is 0. The van der Waals surface area contributed by atoms with E-state index in [1.54, 1.807) is 0 Å². The average Bonchev–Trinajstić information content (AvgIpc) is 2.75. The van der Waals surface area contributed by atoms with Crippen molar-refractivity contribution in [1.29, 1.82) is 0 Å². The first-order chi connectivity index (χ1) is 13.3. The molecule has 0 aliphatic heterocycles. The molecule has 3 aromatic carbocycles. The molecule has 3 rings (SSSR count). The Morgan fingerprint density at radius 2 is 1.15 bits per heavy atom. The Morgan fingerprint density at radius 1 is 0.741 bits per heavy atom. The first-order valence-electron chi connectivity index (χ1n) is 9.16. The molecular weight excluding hydrogens is 439 g/mol. The van der Waals surface area contributed by atoms with Gasteiger partial charge in [-0.05, 0) is 0 Å². The molecular formula is C24H24O2Sn. The molecule has 0 spiro atoms. The number of methoxy groups -OCH3 is 1. The van der Waals surface area contributed by atoms with E-state index in [1.165, 1.54) is 17.8 Å². The summed E-state index contributed by atoms with van der Waals surface area (Å²) < 4.78 is 10.0. The normalized spacial score (nSPS) is 11.4. The van der Waals surface area contributed by atoms with Crippen LogP contribution in [0.2, 0.25) is 4.44 Å². The summed E-state index contributed by atoms with van der Waals surface area (Å²) in [5.41, 5.74) is 0. The van der Waals surface area contributed by atoms with Crippen molar-refractivity contribution in [3.05, 3.63) is 103 Å². The van der Waals surface area contributed by atoms with Crippen molar-refractivity contribution >= 4 is 35.1 Å². The van der Waals surface area contributed by atoms with Crippen LogP contribution in [0.4, 0.5) is 0 Å². The van der Waals surface area contributed by atoms with Crippen LogP contribution in [0.5, 0.6) is 0 Å². The van der Waals surface area contributed by atoms with Gasteiger partial charge in [0.15, 0.2) is 0 Å². The minimum atomic E-state index is -3.23. The topological polar surface area (TPSA) is 26.3 Å². The summed E-state index contributed by atoms with van der Waals surface area (Å²) in [4.78, 5) is 11.5. The molecule has 0 heterocycles. The number of rotatable bonds is 7. The van der Waals surface area contributed by atoms with E-state index in [2.05, 4.69) is 97.1 Å². The predicted octanol–water partition coefficient (Wildman–Crippen LogP) is 3.28. The molecule has 0 aliphatic carbocycles. The molecule has 27 heavy (non-hydrogen) atoms. The number of ether oxygens (including phenoxy) is 1. The van der Waals surface area contributed by atoms with E-state index in [0.29, 0.717) is 6.42 Å². The molecule has 0 fully saturated rings. The Morgan fingerprint density at radius 3 is 1.52 bits per heavy atom. The van der Waals surface area contributed by atoms with E-state index in [9.17, 15) is 4.79 Å². The van der Waals surface area contributed by atoms with Gasteiger partial charge in [0, 0.05) is 0 Å². The zero-order valence-electron chi connectivity index (χ0n) is 15.5. The van der Waals surface area contributed by atoms with E-state index in [0.717, 1.165) is 4.44 Å². The van der Waals surface area contributed by atoms with Gasteiger partial charge in [-0.2, -0.15) is 0 Å². The van der Waals surface area contributed by atoms with Gasteiger partial charge in [0.25, 0.3) is 0 Å². The zero-order chi connectivity index (χ0) is 19.0. The van der Waals surface area contributed by atoms with Crippen molar-refractivity contribution in [3.8, 4) is 0 Å². The molecule has 0 saturated heterocycles. The summed E-state index contributed by atoms with van der Waals surface area (Å²) in [5.74, 6) is -0.203. The van der Waals surface area contributed by atoms with Gasteiger partial charge in [0.05, 0.1) is 0 Å². The monoisotopic (exact) mass is 464 g/mol. The summed E-state index contributed by atoms with van der Waals surface area (Å²) in [5, 5.41) is 0. The molecule has 0 saturated carbocycles. The molecule has 3 heteroatoms. The third kappa shape index (κ3) is 4.50. The SMILES string of the molecule is COC(=O)C/C=C/[CH2][Sn]([c]1ccccc1)([c]1ccccc1)[c]1ccccc1. The van der Waals surface area contributed by atoms with Crippen LogP contribution in [-0.4, -0.2) is 31.5 Å². The van der Waals surface area contributed by atoms with E-state index in [4.69, 9.17) is 4.74 Å². The number of esters is 1. The summed E-state index contributed by atoms with van der Waals surface area (Å²) in [7, 11) is 1.43. The molecule has 0 aromatic heterocycles. The van der Waals surface area contributed by atoms with Gasteiger partial charge >= 0.3 is 166 Å². The quantitative estimate of drug-likeness (QED) is 0.306. The maximum absolute atomic E-state index is 11.5. The van der Waals surface area contributed by atoms with Gasteiger partial charge in [-0.1, -0.05) is 0 Å². The molecule has 2 nitrogen and oxygen atoms in total. The Kier molecular flexibility index (Phi) is 6.88. The Hall–Kier alpha value is -2.33. The van der Waals surface area contributed by atoms with Gasteiger partial charge in [0.1, 0.15) is 0 Å². The Bertz CT molecular complexity index is 777. The van der Waals surface area contributed by atoms with Crippen LogP contribution in [0, 0.1) is 0 Å². The van der Waals surface area contributed by atoms with Crippen molar-refractivity contribution in [2.45, 2.75) is 10.9 Å². The summed E-state index contributed by atoms with van der Waals surface area (Å²) in [6, 6.07) is 32.6. The number of carbonyl (C=O) groups excluding carboxylic acids is 1. The van der Waals surface area contributed by atoms with Crippen LogP contribution >= 0.6 is 0 Å². The van der Waals surface area contributed by atoms with Gasteiger partial charge in [0.2, 0.25) is 0 Å². The standard InChI is InChI=1S/C6H9O2.3C6H5.Sn/c1-3-4-5-6(7)8-2;3*1-2-4-6-5-3-1;/h3-4H,1,5H2,2H3;3*1-5H;/b4-3+;;;;. The fourth-order valence-corrected chi connectivity index (χ4v) is 16.4. The average molecular weight is 463 g/mol. The zero-order valence-corrected chi connectivity index (χ0v) is 18.4. The Labute approximate surface area is 165 Å². The van der Waals surface area contributed by atoms with E-state index >= 15 is 0 Å². The van der Waals surface area contributed by atoms with Crippen LogP contribution in [0.15, 0.2) is 103 Å². The third-order valence-corrected chi connectivity index (χ3v) is 18.6. The molecule has 0 radical (unpaired) electrons. The second-order valence-electron chi connectivity index (χ2n) is 6.46. The van der Waals surface area contributed by atoms with Crippen molar-refractivity contribution < 1.29 is 9.53 Å². The molecule has 136 valence electrons. The van der Waals surface area contributed by atoms with Crippen molar-refractivity contribution in [2.75, 3.05) is 7.11 Å². The summed E-state index contributed by atoms with van der Waals surface area (Å²) >= 11 is -3.23. The van der Waals surface area contributed by atoms with Crippen LogP contribution in [0.3, 0.4) is 0 Å². The second-order valence-corrected chi connectivity index (χ2v) is 17.7. The van der Waals surface area contributed by atoms with Gasteiger partial charge in [-0.25, -0.2) is 0 Å².